The minimum atomic E-state index is 0.338. The lowest BCUT2D eigenvalue weighted by Crippen LogP contribution is -2.31. The zero-order valence-electron chi connectivity index (χ0n) is 21.8. The van der Waals surface area contributed by atoms with Crippen molar-refractivity contribution in [2.24, 2.45) is 0 Å². The van der Waals surface area contributed by atoms with Crippen molar-refractivity contribution < 1.29 is 4.74 Å². The summed E-state index contributed by atoms with van der Waals surface area (Å²) in [4.78, 5) is 17.4. The molecule has 180 valence electrons. The van der Waals surface area contributed by atoms with E-state index in [1.54, 1.807) is 7.11 Å². The predicted octanol–water partition coefficient (Wildman–Crippen LogP) is 6.32. The van der Waals surface area contributed by atoms with Gasteiger partial charge < -0.3 is 14.2 Å². The number of hydrogen-bond donors (Lipinski definition) is 0. The van der Waals surface area contributed by atoms with Crippen LogP contribution in [0.1, 0.15) is 82.8 Å². The molecular formula is C27H41N5O. The zero-order chi connectivity index (χ0) is 24.1. The molecule has 0 saturated carbocycles. The Balaban J connectivity index is 2.04. The first-order valence-corrected chi connectivity index (χ1v) is 12.5. The molecule has 0 aliphatic carbocycles. The fraction of sp³-hybridized carbons (Fsp3) is 0.593. The maximum atomic E-state index is 5.65. The van der Waals surface area contributed by atoms with Crippen LogP contribution in [0.4, 0.5) is 0 Å². The van der Waals surface area contributed by atoms with Crippen molar-refractivity contribution in [1.29, 1.82) is 0 Å². The number of methoxy groups -OCH3 is 1. The quantitative estimate of drug-likeness (QED) is 0.342. The molecular weight excluding hydrogens is 410 g/mol. The highest BCUT2D eigenvalue weighted by atomic mass is 16.5. The molecule has 3 heterocycles. The highest BCUT2D eigenvalue weighted by Gasteiger charge is 2.21. The average molecular weight is 452 g/mol. The van der Waals surface area contributed by atoms with Crippen LogP contribution in [0.25, 0.3) is 22.4 Å². The number of unbranched alkanes of at least 4 members (excludes halogenated alkanes) is 1. The number of aryl methyl sites for hydroxylation is 2. The predicted molar refractivity (Wildman–Crippen MR) is 137 cm³/mol. The molecule has 6 heteroatoms. The van der Waals surface area contributed by atoms with Gasteiger partial charge in [-0.2, -0.15) is 0 Å². The minimum Gasteiger partial charge on any atom is -0.480 e. The summed E-state index contributed by atoms with van der Waals surface area (Å²) in [5.41, 5.74) is 6.73. The number of ether oxygens (including phenoxy) is 1. The monoisotopic (exact) mass is 451 g/mol. The van der Waals surface area contributed by atoms with Gasteiger partial charge in [0.05, 0.1) is 24.1 Å². The van der Waals surface area contributed by atoms with Crippen LogP contribution in [-0.2, 0) is 0 Å². The second-order valence-electron chi connectivity index (χ2n) is 9.31. The Bertz CT molecular complexity index is 1070. The first kappa shape index (κ1) is 25.2. The van der Waals surface area contributed by atoms with E-state index in [2.05, 4.69) is 69.3 Å². The maximum absolute atomic E-state index is 5.65. The molecule has 0 saturated heterocycles. The molecule has 0 aromatic carbocycles. The average Bonchev–Trinajstić information content (AvgIpc) is 3.13. The van der Waals surface area contributed by atoms with Crippen LogP contribution in [0, 0.1) is 13.8 Å². The molecule has 6 nitrogen and oxygen atoms in total. The number of fused-ring (bicyclic) bond motifs is 1. The SMILES string of the molecule is CCCCN(CC)C[C@@H](CC)n1cc(C)c2nc(-c3ccc(C(C)C)nc3OC)c(C)nc21. The van der Waals surface area contributed by atoms with Crippen molar-refractivity contribution in [3.8, 4) is 17.1 Å². The van der Waals surface area contributed by atoms with E-state index >= 15 is 0 Å². The summed E-state index contributed by atoms with van der Waals surface area (Å²) in [6, 6.07) is 4.51. The van der Waals surface area contributed by atoms with Crippen molar-refractivity contribution >= 4 is 11.2 Å². The molecule has 1 atom stereocenters. The van der Waals surface area contributed by atoms with Crippen LogP contribution in [0.15, 0.2) is 18.3 Å². The summed E-state index contributed by atoms with van der Waals surface area (Å²) in [5.74, 6) is 0.945. The van der Waals surface area contributed by atoms with Crippen LogP contribution in [0.3, 0.4) is 0 Å². The molecule has 0 amide bonds. The standard InChI is InChI=1S/C27H41N5O/c1-9-12-15-31(11-3)17-21(10-2)32-16-19(6)24-26(32)28-20(7)25(30-24)22-13-14-23(18(4)5)29-27(22)33-8/h13-14,16,18,21H,9-12,15,17H2,1-8H3/t21-/m1/s1. The number of rotatable bonds is 11. The van der Waals surface area contributed by atoms with Gasteiger partial charge in [0, 0.05) is 24.5 Å². The highest BCUT2D eigenvalue weighted by Crippen LogP contribution is 2.33. The van der Waals surface area contributed by atoms with Crippen LogP contribution >= 0.6 is 0 Å². The molecule has 33 heavy (non-hydrogen) atoms. The van der Waals surface area contributed by atoms with E-state index in [-0.39, 0.29) is 0 Å². The molecule has 0 aliphatic rings. The fourth-order valence-electron chi connectivity index (χ4n) is 4.40. The van der Waals surface area contributed by atoms with E-state index in [9.17, 15) is 0 Å². The molecule has 3 rings (SSSR count). The third-order valence-corrected chi connectivity index (χ3v) is 6.53. The Kier molecular flexibility index (Phi) is 8.46. The third-order valence-electron chi connectivity index (χ3n) is 6.53. The van der Waals surface area contributed by atoms with Crippen molar-refractivity contribution in [2.45, 2.75) is 79.7 Å². The summed E-state index contributed by atoms with van der Waals surface area (Å²) < 4.78 is 7.99. The van der Waals surface area contributed by atoms with Crippen LogP contribution in [0.5, 0.6) is 5.88 Å². The number of likely N-dealkylation sites (N-methyl/N-ethyl adjacent to an activating group) is 1. The Morgan fingerprint density at radius 3 is 2.42 bits per heavy atom. The number of nitrogens with zero attached hydrogens (tertiary/aromatic N) is 5. The van der Waals surface area contributed by atoms with Gasteiger partial charge in [-0.05, 0) is 63.4 Å². The number of aromatic nitrogens is 4. The van der Waals surface area contributed by atoms with Crippen molar-refractivity contribution in [1.82, 2.24) is 24.4 Å². The van der Waals surface area contributed by atoms with Gasteiger partial charge in [-0.1, -0.05) is 41.0 Å². The van der Waals surface area contributed by atoms with Crippen molar-refractivity contribution in [3.05, 3.63) is 35.3 Å². The highest BCUT2D eigenvalue weighted by molar-refractivity contribution is 5.81. The lowest BCUT2D eigenvalue weighted by Gasteiger charge is -2.27. The molecule has 0 bridgehead atoms. The smallest absolute Gasteiger partial charge is 0.222 e. The van der Waals surface area contributed by atoms with Gasteiger partial charge in [0.1, 0.15) is 5.52 Å². The molecule has 0 N–H and O–H groups in total. The summed E-state index contributed by atoms with van der Waals surface area (Å²) in [7, 11) is 1.67. The molecule has 0 radical (unpaired) electrons. The number of hydrogen-bond acceptors (Lipinski definition) is 5. The molecule has 0 spiro atoms. The molecule has 3 aromatic heterocycles. The normalized spacial score (nSPS) is 12.8. The fourth-order valence-corrected chi connectivity index (χ4v) is 4.40. The van der Waals surface area contributed by atoms with Crippen LogP contribution in [-0.4, -0.2) is 51.2 Å². The molecule has 0 unspecified atom stereocenters. The first-order chi connectivity index (χ1) is 15.8. The van der Waals surface area contributed by atoms with E-state index in [0.717, 1.165) is 65.4 Å². The topological polar surface area (TPSA) is 56.1 Å². The van der Waals surface area contributed by atoms with Crippen molar-refractivity contribution in [3.63, 3.8) is 0 Å². The van der Waals surface area contributed by atoms with Crippen LogP contribution in [0.2, 0.25) is 0 Å². The Morgan fingerprint density at radius 1 is 1.06 bits per heavy atom. The maximum Gasteiger partial charge on any atom is 0.222 e. The summed E-state index contributed by atoms with van der Waals surface area (Å²) >= 11 is 0. The van der Waals surface area contributed by atoms with Gasteiger partial charge in [-0.15, -0.1) is 0 Å². The van der Waals surface area contributed by atoms with Gasteiger partial charge in [0.2, 0.25) is 5.88 Å². The number of pyridine rings is 1. The molecule has 3 aromatic rings. The van der Waals surface area contributed by atoms with Gasteiger partial charge >= 0.3 is 0 Å². The van der Waals surface area contributed by atoms with E-state index in [4.69, 9.17) is 19.7 Å². The van der Waals surface area contributed by atoms with Gasteiger partial charge in [0.25, 0.3) is 0 Å². The summed E-state index contributed by atoms with van der Waals surface area (Å²) in [5, 5.41) is 0. The lowest BCUT2D eigenvalue weighted by atomic mass is 10.1. The molecule has 0 aliphatic heterocycles. The molecule has 0 fully saturated rings. The zero-order valence-corrected chi connectivity index (χ0v) is 21.8. The minimum absolute atomic E-state index is 0.338. The summed E-state index contributed by atoms with van der Waals surface area (Å²) in [6.45, 7) is 18.5. The Hall–Kier alpha value is -2.47. The van der Waals surface area contributed by atoms with E-state index in [0.29, 0.717) is 17.8 Å². The largest absolute Gasteiger partial charge is 0.480 e. The lowest BCUT2D eigenvalue weighted by molar-refractivity contribution is 0.237. The second kappa shape index (κ2) is 11.1. The Morgan fingerprint density at radius 2 is 1.82 bits per heavy atom. The van der Waals surface area contributed by atoms with Crippen molar-refractivity contribution in [2.75, 3.05) is 26.7 Å². The van der Waals surface area contributed by atoms with E-state index < -0.39 is 0 Å². The van der Waals surface area contributed by atoms with Crippen LogP contribution < -0.4 is 4.74 Å². The van der Waals surface area contributed by atoms with Gasteiger partial charge in [-0.3, -0.25) is 0 Å². The first-order valence-electron chi connectivity index (χ1n) is 12.5. The third kappa shape index (κ3) is 5.37. The second-order valence-corrected chi connectivity index (χ2v) is 9.31. The van der Waals surface area contributed by atoms with E-state index in [1.165, 1.54) is 12.8 Å². The summed E-state index contributed by atoms with van der Waals surface area (Å²) in [6.07, 6.45) is 5.75. The Labute approximate surface area is 199 Å². The van der Waals surface area contributed by atoms with Gasteiger partial charge in [-0.25, -0.2) is 15.0 Å². The van der Waals surface area contributed by atoms with E-state index in [1.807, 2.05) is 6.92 Å². The van der Waals surface area contributed by atoms with Gasteiger partial charge in [0.15, 0.2) is 5.65 Å².